The van der Waals surface area contributed by atoms with Gasteiger partial charge in [0.25, 0.3) is 0 Å². The summed E-state index contributed by atoms with van der Waals surface area (Å²) < 4.78 is 31.4. The molecule has 1 heterocycles. The summed E-state index contributed by atoms with van der Waals surface area (Å²) in [6.45, 7) is 4.76. The van der Waals surface area contributed by atoms with E-state index in [1.165, 1.54) is 0 Å². The monoisotopic (exact) mass is 264 g/mol. The number of epoxide rings is 1. The van der Waals surface area contributed by atoms with Crippen LogP contribution in [0.1, 0.15) is 0 Å². The van der Waals surface area contributed by atoms with Crippen LogP contribution in [-0.4, -0.2) is 79.3 Å². The van der Waals surface area contributed by atoms with Crippen LogP contribution in [-0.2, 0) is 28.4 Å². The van der Waals surface area contributed by atoms with Gasteiger partial charge in [-0.15, -0.1) is 0 Å². The van der Waals surface area contributed by atoms with Gasteiger partial charge in [-0.05, 0) is 0 Å². The van der Waals surface area contributed by atoms with E-state index in [9.17, 15) is 0 Å². The van der Waals surface area contributed by atoms with Gasteiger partial charge in [0.15, 0.2) is 0 Å². The summed E-state index contributed by atoms with van der Waals surface area (Å²) in [7, 11) is 3.30. The Hall–Kier alpha value is -0.240. The molecule has 0 aromatic heterocycles. The van der Waals surface area contributed by atoms with Gasteiger partial charge in [0.2, 0.25) is 0 Å². The highest BCUT2D eigenvalue weighted by molar-refractivity contribution is 4.69. The molecule has 1 saturated heterocycles. The molecule has 6 heteroatoms. The van der Waals surface area contributed by atoms with Crippen molar-refractivity contribution >= 4 is 0 Å². The van der Waals surface area contributed by atoms with E-state index < -0.39 is 0 Å². The highest BCUT2D eigenvalue weighted by Gasteiger charge is 2.24. The van der Waals surface area contributed by atoms with Crippen molar-refractivity contribution in [3.05, 3.63) is 0 Å². The van der Waals surface area contributed by atoms with Crippen molar-refractivity contribution in [1.82, 2.24) is 0 Å². The van der Waals surface area contributed by atoms with E-state index in [-0.39, 0.29) is 12.2 Å². The minimum atomic E-state index is -0.0434. The van der Waals surface area contributed by atoms with Crippen LogP contribution < -0.4 is 0 Å². The zero-order valence-electron chi connectivity index (χ0n) is 11.3. The predicted molar refractivity (Wildman–Crippen MR) is 64.9 cm³/mol. The van der Waals surface area contributed by atoms with Gasteiger partial charge in [0, 0.05) is 14.2 Å². The second-order valence-electron chi connectivity index (χ2n) is 4.05. The van der Waals surface area contributed by atoms with Crippen LogP contribution >= 0.6 is 0 Å². The first kappa shape index (κ1) is 15.8. The molecule has 2 unspecified atom stereocenters. The van der Waals surface area contributed by atoms with Crippen molar-refractivity contribution < 1.29 is 28.4 Å². The predicted octanol–water partition coefficient (Wildman–Crippen LogP) is 0.0964. The molecule has 2 atom stereocenters. The van der Waals surface area contributed by atoms with Crippen molar-refractivity contribution in [1.29, 1.82) is 0 Å². The van der Waals surface area contributed by atoms with Gasteiger partial charge < -0.3 is 28.4 Å². The molecule has 18 heavy (non-hydrogen) atoms. The number of hydrogen-bond acceptors (Lipinski definition) is 6. The van der Waals surface area contributed by atoms with E-state index in [4.69, 9.17) is 28.4 Å². The topological polar surface area (TPSA) is 58.7 Å². The van der Waals surface area contributed by atoms with E-state index in [1.54, 1.807) is 14.2 Å². The lowest BCUT2D eigenvalue weighted by Crippen LogP contribution is -2.27. The Balaban J connectivity index is 1.91. The third-order valence-electron chi connectivity index (χ3n) is 2.38. The highest BCUT2D eigenvalue weighted by Crippen LogP contribution is 2.10. The Kier molecular flexibility index (Phi) is 9.37. The van der Waals surface area contributed by atoms with Gasteiger partial charge >= 0.3 is 0 Å². The van der Waals surface area contributed by atoms with Crippen LogP contribution in [0.3, 0.4) is 0 Å². The standard InChI is InChI=1S/C12H24O6/c1-13-3-4-15-5-6-16-8-11(7-14-2)17-9-12-10-18-12/h11-12H,3-10H2,1-2H3. The normalized spacial score (nSPS) is 20.0. The first-order chi connectivity index (χ1) is 8.86. The number of hydrogen-bond donors (Lipinski definition) is 0. The molecule has 1 rings (SSSR count). The van der Waals surface area contributed by atoms with Gasteiger partial charge in [-0.25, -0.2) is 0 Å². The fourth-order valence-electron chi connectivity index (χ4n) is 1.31. The van der Waals surface area contributed by atoms with E-state index in [1.807, 2.05) is 0 Å². The number of ether oxygens (including phenoxy) is 6. The zero-order chi connectivity index (χ0) is 13.1. The van der Waals surface area contributed by atoms with E-state index in [2.05, 4.69) is 0 Å². The van der Waals surface area contributed by atoms with Gasteiger partial charge in [-0.2, -0.15) is 0 Å². The fraction of sp³-hybridized carbons (Fsp3) is 1.00. The molecule has 0 amide bonds. The quantitative estimate of drug-likeness (QED) is 0.347. The van der Waals surface area contributed by atoms with E-state index in [0.717, 1.165) is 6.61 Å². The van der Waals surface area contributed by atoms with Gasteiger partial charge in [-0.1, -0.05) is 0 Å². The molecular formula is C12H24O6. The molecule has 0 aromatic carbocycles. The summed E-state index contributed by atoms with van der Waals surface area (Å²) >= 11 is 0. The first-order valence-corrected chi connectivity index (χ1v) is 6.23. The van der Waals surface area contributed by atoms with Gasteiger partial charge in [0.05, 0.1) is 52.9 Å². The summed E-state index contributed by atoms with van der Waals surface area (Å²) in [5, 5.41) is 0. The summed E-state index contributed by atoms with van der Waals surface area (Å²) in [5.74, 6) is 0. The van der Waals surface area contributed by atoms with Crippen LogP contribution in [0.4, 0.5) is 0 Å². The minimum absolute atomic E-state index is 0.0434. The molecule has 0 aromatic rings. The molecule has 1 aliphatic rings. The number of rotatable bonds is 13. The van der Waals surface area contributed by atoms with Gasteiger partial charge in [-0.3, -0.25) is 0 Å². The van der Waals surface area contributed by atoms with Crippen molar-refractivity contribution in [2.24, 2.45) is 0 Å². The largest absolute Gasteiger partial charge is 0.382 e. The SMILES string of the molecule is COCCOCCOCC(COC)OCC1CO1. The first-order valence-electron chi connectivity index (χ1n) is 6.23. The smallest absolute Gasteiger partial charge is 0.104 e. The number of methoxy groups -OCH3 is 2. The lowest BCUT2D eigenvalue weighted by atomic mass is 10.4. The molecule has 0 aliphatic carbocycles. The minimum Gasteiger partial charge on any atom is -0.382 e. The Bertz CT molecular complexity index is 185. The summed E-state index contributed by atoms with van der Waals surface area (Å²) in [4.78, 5) is 0. The maximum atomic E-state index is 5.62. The van der Waals surface area contributed by atoms with E-state index in [0.29, 0.717) is 46.2 Å². The van der Waals surface area contributed by atoms with Crippen molar-refractivity contribution in [3.63, 3.8) is 0 Å². The summed E-state index contributed by atoms with van der Waals surface area (Å²) in [5.41, 5.74) is 0. The zero-order valence-corrected chi connectivity index (χ0v) is 11.3. The van der Waals surface area contributed by atoms with Crippen molar-refractivity contribution in [2.45, 2.75) is 12.2 Å². The van der Waals surface area contributed by atoms with E-state index >= 15 is 0 Å². The molecule has 0 N–H and O–H groups in total. The third kappa shape index (κ3) is 8.79. The lowest BCUT2D eigenvalue weighted by molar-refractivity contribution is -0.0638. The summed E-state index contributed by atoms with van der Waals surface area (Å²) in [6, 6.07) is 0. The van der Waals surface area contributed by atoms with Crippen LogP contribution in [0.2, 0.25) is 0 Å². The third-order valence-corrected chi connectivity index (χ3v) is 2.38. The van der Waals surface area contributed by atoms with Crippen LogP contribution in [0.25, 0.3) is 0 Å². The molecule has 0 radical (unpaired) electrons. The average molecular weight is 264 g/mol. The maximum Gasteiger partial charge on any atom is 0.104 e. The fourth-order valence-corrected chi connectivity index (χ4v) is 1.31. The Morgan fingerprint density at radius 1 is 1.00 bits per heavy atom. The average Bonchev–Trinajstić information content (AvgIpc) is 3.18. The molecular weight excluding hydrogens is 240 g/mol. The second kappa shape index (κ2) is 10.7. The molecule has 1 aliphatic heterocycles. The van der Waals surface area contributed by atoms with Crippen LogP contribution in [0.5, 0.6) is 0 Å². The summed E-state index contributed by atoms with van der Waals surface area (Å²) in [6.07, 6.45) is 0.222. The maximum absolute atomic E-state index is 5.62. The van der Waals surface area contributed by atoms with Crippen molar-refractivity contribution in [3.8, 4) is 0 Å². The molecule has 0 bridgehead atoms. The Labute approximate surface area is 108 Å². The molecule has 0 saturated carbocycles. The van der Waals surface area contributed by atoms with Crippen LogP contribution in [0.15, 0.2) is 0 Å². The lowest BCUT2D eigenvalue weighted by Gasteiger charge is -2.16. The molecule has 0 spiro atoms. The van der Waals surface area contributed by atoms with Crippen molar-refractivity contribution in [2.75, 3.05) is 67.1 Å². The molecule has 6 nitrogen and oxygen atoms in total. The van der Waals surface area contributed by atoms with Crippen LogP contribution in [0, 0.1) is 0 Å². The molecule has 1 fully saturated rings. The highest BCUT2D eigenvalue weighted by atomic mass is 16.6. The Morgan fingerprint density at radius 2 is 1.72 bits per heavy atom. The second-order valence-corrected chi connectivity index (χ2v) is 4.05. The Morgan fingerprint density at radius 3 is 2.39 bits per heavy atom. The van der Waals surface area contributed by atoms with Gasteiger partial charge in [0.1, 0.15) is 12.2 Å². The molecule has 108 valence electrons.